The van der Waals surface area contributed by atoms with Crippen molar-refractivity contribution in [3.63, 3.8) is 0 Å². The molecule has 3 fully saturated rings. The number of nitrogens with one attached hydrogen (secondary N) is 1. The van der Waals surface area contributed by atoms with Crippen molar-refractivity contribution in [3.05, 3.63) is 0 Å². The van der Waals surface area contributed by atoms with Crippen LogP contribution < -0.4 is 5.32 Å². The minimum absolute atomic E-state index is 0.889. The Morgan fingerprint density at radius 2 is 2.12 bits per heavy atom. The zero-order valence-electron chi connectivity index (χ0n) is 10.3. The van der Waals surface area contributed by atoms with Crippen LogP contribution in [0.1, 0.15) is 38.5 Å². The summed E-state index contributed by atoms with van der Waals surface area (Å²) in [7, 11) is 0. The molecule has 1 heterocycles. The smallest absolute Gasteiger partial charge is 0.0497 e. The van der Waals surface area contributed by atoms with Gasteiger partial charge in [0, 0.05) is 13.2 Å². The highest BCUT2D eigenvalue weighted by molar-refractivity contribution is 4.89. The van der Waals surface area contributed by atoms with E-state index in [2.05, 4.69) is 5.32 Å². The Labute approximate surface area is 99.1 Å². The van der Waals surface area contributed by atoms with E-state index in [4.69, 9.17) is 4.74 Å². The molecule has 1 aliphatic heterocycles. The van der Waals surface area contributed by atoms with Gasteiger partial charge in [-0.1, -0.05) is 6.42 Å². The molecule has 2 saturated carbocycles. The second-order valence-electron chi connectivity index (χ2n) is 6.16. The molecule has 2 bridgehead atoms. The van der Waals surface area contributed by atoms with Gasteiger partial charge in [0.1, 0.15) is 0 Å². The molecule has 16 heavy (non-hydrogen) atoms. The summed E-state index contributed by atoms with van der Waals surface area (Å²) in [4.78, 5) is 0. The minimum Gasteiger partial charge on any atom is -0.381 e. The average molecular weight is 223 g/mol. The maximum Gasteiger partial charge on any atom is 0.0497 e. The molecule has 2 heteroatoms. The van der Waals surface area contributed by atoms with Gasteiger partial charge in [-0.3, -0.25) is 0 Å². The largest absolute Gasteiger partial charge is 0.381 e. The van der Waals surface area contributed by atoms with Crippen LogP contribution in [-0.4, -0.2) is 26.3 Å². The van der Waals surface area contributed by atoms with Crippen molar-refractivity contribution in [2.75, 3.05) is 26.3 Å². The third-order valence-electron chi connectivity index (χ3n) is 5.05. The van der Waals surface area contributed by atoms with E-state index in [0.717, 1.165) is 36.9 Å². The summed E-state index contributed by atoms with van der Waals surface area (Å²) >= 11 is 0. The van der Waals surface area contributed by atoms with Crippen LogP contribution in [-0.2, 0) is 4.74 Å². The molecular formula is C14H25NO. The van der Waals surface area contributed by atoms with Crippen molar-refractivity contribution in [1.82, 2.24) is 5.32 Å². The van der Waals surface area contributed by atoms with Crippen molar-refractivity contribution in [1.29, 1.82) is 0 Å². The van der Waals surface area contributed by atoms with Gasteiger partial charge in [-0.2, -0.15) is 0 Å². The van der Waals surface area contributed by atoms with E-state index >= 15 is 0 Å². The van der Waals surface area contributed by atoms with Gasteiger partial charge in [0.2, 0.25) is 0 Å². The van der Waals surface area contributed by atoms with Crippen LogP contribution in [0.2, 0.25) is 0 Å². The Morgan fingerprint density at radius 3 is 2.81 bits per heavy atom. The third-order valence-corrected chi connectivity index (χ3v) is 5.05. The first-order chi connectivity index (χ1) is 7.92. The van der Waals surface area contributed by atoms with E-state index in [1.54, 1.807) is 0 Å². The number of hydrogen-bond donors (Lipinski definition) is 1. The zero-order valence-corrected chi connectivity index (χ0v) is 10.3. The Bertz CT molecular complexity index is 225. The van der Waals surface area contributed by atoms with Crippen LogP contribution >= 0.6 is 0 Å². The highest BCUT2D eigenvalue weighted by Gasteiger charge is 2.39. The standard InChI is InChI=1S/C14H25NO/c1-2-13-7-12(1)8-14(13)10-16-6-4-11-3-5-15-9-11/h11-15H,1-10H2. The molecule has 2 aliphatic carbocycles. The molecular weight excluding hydrogens is 198 g/mol. The summed E-state index contributed by atoms with van der Waals surface area (Å²) in [6, 6.07) is 0. The summed E-state index contributed by atoms with van der Waals surface area (Å²) in [5.74, 6) is 3.90. The SMILES string of the molecule is C1CC(CCOCC2CC3CCC2C3)CN1. The Hall–Kier alpha value is -0.0800. The van der Waals surface area contributed by atoms with Gasteiger partial charge in [0.15, 0.2) is 0 Å². The third kappa shape index (κ3) is 2.43. The summed E-state index contributed by atoms with van der Waals surface area (Å²) in [5.41, 5.74) is 0. The van der Waals surface area contributed by atoms with Crippen molar-refractivity contribution in [2.24, 2.45) is 23.7 Å². The van der Waals surface area contributed by atoms with Crippen molar-refractivity contribution in [3.8, 4) is 0 Å². The summed E-state index contributed by atoms with van der Waals surface area (Å²) in [6.45, 7) is 4.50. The Balaban J connectivity index is 1.29. The Morgan fingerprint density at radius 1 is 1.12 bits per heavy atom. The number of rotatable bonds is 5. The fraction of sp³-hybridized carbons (Fsp3) is 1.00. The molecule has 0 aromatic heterocycles. The van der Waals surface area contributed by atoms with Crippen LogP contribution in [0, 0.1) is 23.7 Å². The van der Waals surface area contributed by atoms with E-state index in [9.17, 15) is 0 Å². The van der Waals surface area contributed by atoms with Gasteiger partial charge in [0.25, 0.3) is 0 Å². The average Bonchev–Trinajstić information content (AvgIpc) is 3.01. The molecule has 4 unspecified atom stereocenters. The van der Waals surface area contributed by atoms with E-state index < -0.39 is 0 Å². The highest BCUT2D eigenvalue weighted by Crippen LogP contribution is 2.48. The second-order valence-corrected chi connectivity index (χ2v) is 6.16. The van der Waals surface area contributed by atoms with Crippen LogP contribution in [0.25, 0.3) is 0 Å². The number of hydrogen-bond acceptors (Lipinski definition) is 2. The molecule has 0 spiro atoms. The fourth-order valence-corrected chi connectivity index (χ4v) is 4.03. The maximum atomic E-state index is 5.90. The van der Waals surface area contributed by atoms with Crippen molar-refractivity contribution in [2.45, 2.75) is 38.5 Å². The zero-order chi connectivity index (χ0) is 10.8. The van der Waals surface area contributed by atoms with E-state index in [1.165, 1.54) is 51.6 Å². The molecule has 0 aromatic rings. The van der Waals surface area contributed by atoms with Crippen molar-refractivity contribution >= 4 is 0 Å². The molecule has 0 radical (unpaired) electrons. The first-order valence-electron chi connectivity index (χ1n) is 7.20. The van der Waals surface area contributed by atoms with E-state index in [-0.39, 0.29) is 0 Å². The molecule has 3 rings (SSSR count). The molecule has 2 nitrogen and oxygen atoms in total. The topological polar surface area (TPSA) is 21.3 Å². The molecule has 92 valence electrons. The van der Waals surface area contributed by atoms with E-state index in [0.29, 0.717) is 0 Å². The van der Waals surface area contributed by atoms with Gasteiger partial charge >= 0.3 is 0 Å². The van der Waals surface area contributed by atoms with Crippen molar-refractivity contribution < 1.29 is 4.74 Å². The normalized spacial score (nSPS) is 42.0. The highest BCUT2D eigenvalue weighted by atomic mass is 16.5. The lowest BCUT2D eigenvalue weighted by Crippen LogP contribution is -2.18. The van der Waals surface area contributed by atoms with Crippen LogP contribution in [0.15, 0.2) is 0 Å². The molecule has 0 amide bonds. The lowest BCUT2D eigenvalue weighted by Gasteiger charge is -2.21. The first kappa shape index (κ1) is 11.0. The fourth-order valence-electron chi connectivity index (χ4n) is 4.03. The lowest BCUT2D eigenvalue weighted by atomic mass is 9.89. The molecule has 3 aliphatic rings. The van der Waals surface area contributed by atoms with Crippen LogP contribution in [0.3, 0.4) is 0 Å². The first-order valence-corrected chi connectivity index (χ1v) is 7.20. The van der Waals surface area contributed by atoms with E-state index in [1.807, 2.05) is 0 Å². The number of fused-ring (bicyclic) bond motifs is 2. The van der Waals surface area contributed by atoms with Crippen LogP contribution in [0.4, 0.5) is 0 Å². The van der Waals surface area contributed by atoms with Gasteiger partial charge in [-0.25, -0.2) is 0 Å². The quantitative estimate of drug-likeness (QED) is 0.723. The predicted molar refractivity (Wildman–Crippen MR) is 65.4 cm³/mol. The molecule has 1 saturated heterocycles. The van der Waals surface area contributed by atoms with Gasteiger partial charge in [0.05, 0.1) is 0 Å². The monoisotopic (exact) mass is 223 g/mol. The Kier molecular flexibility index (Phi) is 3.49. The predicted octanol–water partition coefficient (Wildman–Crippen LogP) is 2.44. The lowest BCUT2D eigenvalue weighted by molar-refractivity contribution is 0.0709. The van der Waals surface area contributed by atoms with Crippen LogP contribution in [0.5, 0.6) is 0 Å². The maximum absolute atomic E-state index is 5.90. The minimum atomic E-state index is 0.889. The van der Waals surface area contributed by atoms with Gasteiger partial charge in [-0.15, -0.1) is 0 Å². The summed E-state index contributed by atoms with van der Waals surface area (Å²) in [5, 5.41) is 3.42. The molecule has 1 N–H and O–H groups in total. The second kappa shape index (κ2) is 5.05. The van der Waals surface area contributed by atoms with Gasteiger partial charge in [-0.05, 0) is 68.9 Å². The molecule has 4 atom stereocenters. The summed E-state index contributed by atoms with van der Waals surface area (Å²) in [6.07, 6.45) is 8.61. The summed E-state index contributed by atoms with van der Waals surface area (Å²) < 4.78 is 5.90. The van der Waals surface area contributed by atoms with Gasteiger partial charge < -0.3 is 10.1 Å². The number of ether oxygens (including phenoxy) is 1. The molecule has 0 aromatic carbocycles.